The Bertz CT molecular complexity index is 1350. The lowest BCUT2D eigenvalue weighted by Crippen LogP contribution is -2.46. The number of amides is 1. The predicted molar refractivity (Wildman–Crippen MR) is 126 cm³/mol. The number of rotatable bonds is 4. The fourth-order valence-corrected chi connectivity index (χ4v) is 5.16. The van der Waals surface area contributed by atoms with Gasteiger partial charge >= 0.3 is 0 Å². The minimum atomic E-state index is -0.677. The second kappa shape index (κ2) is 8.79. The molecular formula is C25H27F2N5O2. The van der Waals surface area contributed by atoms with Gasteiger partial charge in [0, 0.05) is 56.3 Å². The molecule has 3 aromatic rings. The summed E-state index contributed by atoms with van der Waals surface area (Å²) in [7, 11) is 1.47. The molecule has 0 bridgehead atoms. The minimum Gasteiger partial charge on any atom is -0.365 e. The van der Waals surface area contributed by atoms with Gasteiger partial charge in [0.15, 0.2) is 5.82 Å². The van der Waals surface area contributed by atoms with Gasteiger partial charge in [-0.25, -0.2) is 9.37 Å². The Kier molecular flexibility index (Phi) is 5.81. The summed E-state index contributed by atoms with van der Waals surface area (Å²) < 4.78 is 30.0. The molecule has 178 valence electrons. The molecule has 5 rings (SSSR count). The summed E-state index contributed by atoms with van der Waals surface area (Å²) in [6.07, 6.45) is 2.62. The molecule has 2 aromatic heterocycles. The van der Waals surface area contributed by atoms with Crippen LogP contribution in [0.5, 0.6) is 0 Å². The molecule has 0 unspecified atom stereocenters. The number of piperazine rings is 1. The fraction of sp³-hybridized carbons (Fsp3) is 0.400. The number of nitrogens with one attached hydrogen (secondary N) is 2. The quantitative estimate of drug-likeness (QED) is 0.577. The van der Waals surface area contributed by atoms with Crippen molar-refractivity contribution in [3.8, 4) is 0 Å². The second-order valence-electron chi connectivity index (χ2n) is 9.02. The molecule has 0 spiro atoms. The monoisotopic (exact) mass is 467 g/mol. The third-order valence-corrected chi connectivity index (χ3v) is 7.02. The Balaban J connectivity index is 1.34. The second-order valence-corrected chi connectivity index (χ2v) is 9.02. The predicted octanol–water partition coefficient (Wildman–Crippen LogP) is 2.68. The van der Waals surface area contributed by atoms with Gasteiger partial charge in [-0.15, -0.1) is 0 Å². The van der Waals surface area contributed by atoms with Crippen LogP contribution in [0.3, 0.4) is 0 Å². The number of carbonyl (C=O) groups excluding carboxylic acids is 1. The van der Waals surface area contributed by atoms with Crippen molar-refractivity contribution < 1.29 is 13.6 Å². The van der Waals surface area contributed by atoms with Crippen molar-refractivity contribution in [1.82, 2.24) is 20.2 Å². The summed E-state index contributed by atoms with van der Waals surface area (Å²) in [5.74, 6) is -1.47. The standard InChI is InChI=1S/C25H27F2N5O2/c1-14-17-5-3-4-15-12-16(21(26)22(20(15)17)30-24(14)33)13-31-8-10-32(11-9-31)19-7-6-18(25(34)28-2)29-23(19)27/h6-7,12H,3-5,8-11,13H2,1-2H3,(H,28,34)(H,30,33). The summed E-state index contributed by atoms with van der Waals surface area (Å²) in [5, 5.41) is 3.31. The number of anilines is 1. The molecule has 0 atom stereocenters. The molecule has 0 saturated carbocycles. The van der Waals surface area contributed by atoms with Crippen LogP contribution < -0.4 is 15.8 Å². The molecule has 1 fully saturated rings. The summed E-state index contributed by atoms with van der Waals surface area (Å²) in [6.45, 7) is 4.58. The van der Waals surface area contributed by atoms with E-state index >= 15 is 4.39 Å². The van der Waals surface area contributed by atoms with Gasteiger partial charge < -0.3 is 15.2 Å². The molecule has 34 heavy (non-hydrogen) atoms. The van der Waals surface area contributed by atoms with E-state index in [-0.39, 0.29) is 17.1 Å². The van der Waals surface area contributed by atoms with Crippen LogP contribution in [0.2, 0.25) is 0 Å². The maximum atomic E-state index is 15.5. The molecule has 1 saturated heterocycles. The van der Waals surface area contributed by atoms with Crippen LogP contribution in [0.15, 0.2) is 23.0 Å². The van der Waals surface area contributed by atoms with Crippen LogP contribution in [0, 0.1) is 18.7 Å². The largest absolute Gasteiger partial charge is 0.365 e. The van der Waals surface area contributed by atoms with Gasteiger partial charge in [0.05, 0.1) is 11.2 Å². The zero-order chi connectivity index (χ0) is 24.0. The maximum absolute atomic E-state index is 15.5. The highest BCUT2D eigenvalue weighted by Crippen LogP contribution is 2.33. The van der Waals surface area contributed by atoms with E-state index in [4.69, 9.17) is 0 Å². The van der Waals surface area contributed by atoms with Crippen molar-refractivity contribution in [3.05, 3.63) is 68.3 Å². The molecule has 1 aliphatic carbocycles. The van der Waals surface area contributed by atoms with E-state index < -0.39 is 11.9 Å². The lowest BCUT2D eigenvalue weighted by atomic mass is 9.87. The molecule has 1 aliphatic heterocycles. The van der Waals surface area contributed by atoms with Gasteiger partial charge in [-0.1, -0.05) is 6.07 Å². The molecular weight excluding hydrogens is 440 g/mol. The van der Waals surface area contributed by atoms with Crippen LogP contribution in [0.4, 0.5) is 14.5 Å². The zero-order valence-electron chi connectivity index (χ0n) is 19.3. The van der Waals surface area contributed by atoms with Gasteiger partial charge in [-0.3, -0.25) is 14.5 Å². The molecule has 0 radical (unpaired) electrons. The molecule has 1 amide bonds. The van der Waals surface area contributed by atoms with E-state index in [1.54, 1.807) is 13.0 Å². The summed E-state index contributed by atoms with van der Waals surface area (Å²) in [5.41, 5.74) is 3.81. The number of benzene rings is 1. The molecule has 2 N–H and O–H groups in total. The van der Waals surface area contributed by atoms with Gasteiger partial charge in [-0.2, -0.15) is 4.39 Å². The first kappa shape index (κ1) is 22.5. The highest BCUT2D eigenvalue weighted by molar-refractivity contribution is 5.92. The van der Waals surface area contributed by atoms with Crippen molar-refractivity contribution in [2.24, 2.45) is 0 Å². The van der Waals surface area contributed by atoms with Crippen LogP contribution in [0.1, 0.15) is 39.2 Å². The number of halogens is 2. The van der Waals surface area contributed by atoms with Gasteiger partial charge in [0.1, 0.15) is 5.69 Å². The average Bonchev–Trinajstić information content (AvgIpc) is 2.85. The molecule has 7 nitrogen and oxygen atoms in total. The lowest BCUT2D eigenvalue weighted by Gasteiger charge is -2.36. The number of aromatic amines is 1. The van der Waals surface area contributed by atoms with Crippen LogP contribution in [0.25, 0.3) is 10.9 Å². The Hall–Kier alpha value is -3.33. The topological polar surface area (TPSA) is 81.3 Å². The number of nitrogens with zero attached hydrogens (tertiary/aromatic N) is 3. The maximum Gasteiger partial charge on any atom is 0.269 e. The molecule has 3 heterocycles. The van der Waals surface area contributed by atoms with E-state index in [9.17, 15) is 14.0 Å². The first-order valence-electron chi connectivity index (χ1n) is 11.6. The van der Waals surface area contributed by atoms with E-state index in [1.165, 1.54) is 13.1 Å². The van der Waals surface area contributed by atoms with Crippen LogP contribution >= 0.6 is 0 Å². The Morgan fingerprint density at radius 2 is 1.94 bits per heavy atom. The minimum absolute atomic E-state index is 0.0366. The van der Waals surface area contributed by atoms with E-state index in [0.29, 0.717) is 55.1 Å². The summed E-state index contributed by atoms with van der Waals surface area (Å²) >= 11 is 0. The fourth-order valence-electron chi connectivity index (χ4n) is 5.16. The van der Waals surface area contributed by atoms with E-state index in [1.807, 2.05) is 11.0 Å². The number of aromatic nitrogens is 2. The normalized spacial score (nSPS) is 16.2. The van der Waals surface area contributed by atoms with Crippen LogP contribution in [-0.4, -0.2) is 54.0 Å². The van der Waals surface area contributed by atoms with Crippen molar-refractivity contribution >= 4 is 22.5 Å². The van der Waals surface area contributed by atoms with Gasteiger partial charge in [0.2, 0.25) is 5.95 Å². The molecule has 2 aliphatic rings. The van der Waals surface area contributed by atoms with Gasteiger partial charge in [0.25, 0.3) is 11.5 Å². The molecule has 1 aromatic carbocycles. The van der Waals surface area contributed by atoms with Gasteiger partial charge in [-0.05, 0) is 49.4 Å². The number of aryl methyl sites for hydroxylation is 2. The smallest absolute Gasteiger partial charge is 0.269 e. The zero-order valence-corrected chi connectivity index (χ0v) is 19.3. The van der Waals surface area contributed by atoms with Crippen molar-refractivity contribution in [3.63, 3.8) is 0 Å². The number of hydrogen-bond acceptors (Lipinski definition) is 5. The third-order valence-electron chi connectivity index (χ3n) is 7.02. The SMILES string of the molecule is CNC(=O)c1ccc(N2CCN(Cc3cc4c5c(c(C)c(=O)[nH]c5c3F)CCC4)CC2)c(F)n1. The van der Waals surface area contributed by atoms with Crippen molar-refractivity contribution in [2.75, 3.05) is 38.1 Å². The number of pyridine rings is 2. The van der Waals surface area contributed by atoms with Crippen molar-refractivity contribution in [1.29, 1.82) is 0 Å². The highest BCUT2D eigenvalue weighted by atomic mass is 19.1. The Morgan fingerprint density at radius 3 is 2.65 bits per heavy atom. The summed E-state index contributed by atoms with van der Waals surface area (Å²) in [6, 6.07) is 5.04. The number of H-pyrrole nitrogens is 1. The average molecular weight is 468 g/mol. The first-order valence-corrected chi connectivity index (χ1v) is 11.6. The Morgan fingerprint density at radius 1 is 1.18 bits per heavy atom. The summed E-state index contributed by atoms with van der Waals surface area (Å²) in [4.78, 5) is 34.6. The van der Waals surface area contributed by atoms with E-state index in [0.717, 1.165) is 35.8 Å². The molecule has 9 heteroatoms. The first-order chi connectivity index (χ1) is 16.4. The van der Waals surface area contributed by atoms with Crippen LogP contribution in [-0.2, 0) is 19.4 Å². The van der Waals surface area contributed by atoms with Crippen molar-refractivity contribution in [2.45, 2.75) is 32.7 Å². The third kappa shape index (κ3) is 3.83. The highest BCUT2D eigenvalue weighted by Gasteiger charge is 2.25. The number of carbonyl (C=O) groups is 1. The Labute approximate surface area is 195 Å². The van der Waals surface area contributed by atoms with E-state index in [2.05, 4.69) is 20.2 Å². The number of hydrogen-bond donors (Lipinski definition) is 2. The lowest BCUT2D eigenvalue weighted by molar-refractivity contribution is 0.0957.